The summed E-state index contributed by atoms with van der Waals surface area (Å²) in [6.07, 6.45) is 1.16. The number of amides is 1. The summed E-state index contributed by atoms with van der Waals surface area (Å²) in [5, 5.41) is 6.22. The van der Waals surface area contributed by atoms with Crippen LogP contribution in [0.15, 0.2) is 24.3 Å². The molecule has 0 bridgehead atoms. The van der Waals surface area contributed by atoms with Crippen LogP contribution in [0.1, 0.15) is 18.9 Å². The number of rotatable bonds is 3. The lowest BCUT2D eigenvalue weighted by Gasteiger charge is -2.24. The number of carbonyl (C=O) groups excluding carboxylic acids is 1. The van der Waals surface area contributed by atoms with Gasteiger partial charge in [-0.15, -0.1) is 0 Å². The molecule has 0 aliphatic carbocycles. The third-order valence-electron chi connectivity index (χ3n) is 3.06. The second kappa shape index (κ2) is 4.84. The summed E-state index contributed by atoms with van der Waals surface area (Å²) in [6.45, 7) is 3.75. The average Bonchev–Trinajstić information content (AvgIpc) is 2.64. The van der Waals surface area contributed by atoms with Gasteiger partial charge in [-0.1, -0.05) is 12.1 Å². The molecule has 1 unspecified atom stereocenters. The molecule has 3 nitrogen and oxygen atoms in total. The smallest absolute Gasteiger partial charge is 0.224 e. The van der Waals surface area contributed by atoms with E-state index in [1.807, 2.05) is 6.92 Å². The molecule has 1 aromatic carbocycles. The Morgan fingerprint density at radius 2 is 2.41 bits per heavy atom. The molecule has 2 N–H and O–H groups in total. The minimum Gasteiger partial charge on any atom is -0.349 e. The van der Waals surface area contributed by atoms with Crippen molar-refractivity contribution in [3.05, 3.63) is 35.6 Å². The molecule has 1 amide bonds. The van der Waals surface area contributed by atoms with Gasteiger partial charge in [0.05, 0.1) is 12.0 Å². The Hall–Kier alpha value is -1.42. The van der Waals surface area contributed by atoms with Crippen molar-refractivity contribution in [1.82, 2.24) is 10.6 Å². The van der Waals surface area contributed by atoms with Crippen LogP contribution in [-0.2, 0) is 11.2 Å². The summed E-state index contributed by atoms with van der Waals surface area (Å²) in [5.41, 5.74) is 0.543. The van der Waals surface area contributed by atoms with Crippen LogP contribution in [0.25, 0.3) is 0 Å². The molecule has 1 fully saturated rings. The molecule has 1 heterocycles. The normalized spacial score (nSPS) is 23.6. The van der Waals surface area contributed by atoms with Gasteiger partial charge in [0.1, 0.15) is 5.82 Å². The van der Waals surface area contributed by atoms with Crippen molar-refractivity contribution >= 4 is 5.91 Å². The molecule has 0 spiro atoms. The number of carbonyl (C=O) groups is 1. The lowest BCUT2D eigenvalue weighted by Crippen LogP contribution is -2.48. The van der Waals surface area contributed by atoms with Crippen molar-refractivity contribution in [3.63, 3.8) is 0 Å². The zero-order valence-corrected chi connectivity index (χ0v) is 9.92. The summed E-state index contributed by atoms with van der Waals surface area (Å²) >= 11 is 0. The highest BCUT2D eigenvalue weighted by Gasteiger charge is 2.29. The highest BCUT2D eigenvalue weighted by molar-refractivity contribution is 5.79. The van der Waals surface area contributed by atoms with Crippen LogP contribution in [0.3, 0.4) is 0 Å². The maximum Gasteiger partial charge on any atom is 0.224 e. The first-order chi connectivity index (χ1) is 8.07. The molecule has 1 aliphatic heterocycles. The van der Waals surface area contributed by atoms with Crippen LogP contribution in [0, 0.1) is 5.82 Å². The van der Waals surface area contributed by atoms with Gasteiger partial charge in [0.25, 0.3) is 0 Å². The van der Waals surface area contributed by atoms with E-state index < -0.39 is 0 Å². The number of halogens is 1. The lowest BCUT2D eigenvalue weighted by atomic mass is 10.0. The summed E-state index contributed by atoms with van der Waals surface area (Å²) in [7, 11) is 0. The molecular weight excluding hydrogens is 219 g/mol. The molecular formula is C13H17FN2O. The molecule has 4 heteroatoms. The van der Waals surface area contributed by atoms with E-state index in [0.29, 0.717) is 5.56 Å². The van der Waals surface area contributed by atoms with Gasteiger partial charge in [-0.3, -0.25) is 4.79 Å². The number of benzene rings is 1. The first-order valence-corrected chi connectivity index (χ1v) is 5.84. The maximum absolute atomic E-state index is 13.0. The predicted molar refractivity (Wildman–Crippen MR) is 64.1 cm³/mol. The second-order valence-electron chi connectivity index (χ2n) is 4.84. The van der Waals surface area contributed by atoms with Gasteiger partial charge >= 0.3 is 0 Å². The van der Waals surface area contributed by atoms with Crippen LogP contribution < -0.4 is 10.6 Å². The first-order valence-electron chi connectivity index (χ1n) is 5.84. The highest BCUT2D eigenvalue weighted by atomic mass is 19.1. The maximum atomic E-state index is 13.0. The van der Waals surface area contributed by atoms with E-state index in [-0.39, 0.29) is 23.7 Å². The van der Waals surface area contributed by atoms with Gasteiger partial charge in [0, 0.05) is 6.54 Å². The quantitative estimate of drug-likeness (QED) is 0.829. The molecule has 17 heavy (non-hydrogen) atoms. The van der Waals surface area contributed by atoms with Gasteiger partial charge in [-0.2, -0.15) is 0 Å². The standard InChI is InChI=1S/C13H17FN2O/c1-13(5-6-15-9-13)16-12(17)8-10-3-2-4-11(14)7-10/h2-4,7,15H,5-6,8-9H2,1H3,(H,16,17). The average molecular weight is 236 g/mol. The molecule has 0 aromatic heterocycles. The van der Waals surface area contributed by atoms with Crippen LogP contribution >= 0.6 is 0 Å². The van der Waals surface area contributed by atoms with Crippen molar-refractivity contribution in [2.45, 2.75) is 25.3 Å². The predicted octanol–water partition coefficient (Wildman–Crippen LogP) is 1.24. The Morgan fingerprint density at radius 3 is 3.06 bits per heavy atom. The largest absolute Gasteiger partial charge is 0.349 e. The van der Waals surface area contributed by atoms with Crippen molar-refractivity contribution in [2.24, 2.45) is 0 Å². The molecule has 2 rings (SSSR count). The minimum atomic E-state index is -0.302. The van der Waals surface area contributed by atoms with E-state index in [0.717, 1.165) is 19.5 Å². The zero-order valence-electron chi connectivity index (χ0n) is 9.92. The third-order valence-corrected chi connectivity index (χ3v) is 3.06. The Kier molecular flexibility index (Phi) is 3.43. The van der Waals surface area contributed by atoms with E-state index >= 15 is 0 Å². The van der Waals surface area contributed by atoms with Crippen LogP contribution in [0.4, 0.5) is 4.39 Å². The first kappa shape index (κ1) is 12.0. The Labute approximate surface area is 100 Å². The van der Waals surface area contributed by atoms with E-state index in [2.05, 4.69) is 10.6 Å². The monoisotopic (exact) mass is 236 g/mol. The summed E-state index contributed by atoms with van der Waals surface area (Å²) in [4.78, 5) is 11.8. The summed E-state index contributed by atoms with van der Waals surface area (Å²) < 4.78 is 13.0. The topological polar surface area (TPSA) is 41.1 Å². The summed E-state index contributed by atoms with van der Waals surface area (Å²) in [5.74, 6) is -0.356. The molecule has 0 saturated carbocycles. The minimum absolute atomic E-state index is 0.0539. The fraction of sp³-hybridized carbons (Fsp3) is 0.462. The Bertz CT molecular complexity index is 414. The molecule has 1 atom stereocenters. The van der Waals surface area contributed by atoms with E-state index in [1.165, 1.54) is 12.1 Å². The SMILES string of the molecule is CC1(NC(=O)Cc2cccc(F)c2)CCNC1. The molecule has 1 aromatic rings. The van der Waals surface area contributed by atoms with Gasteiger partial charge in [0.15, 0.2) is 0 Å². The van der Waals surface area contributed by atoms with Gasteiger partial charge in [0.2, 0.25) is 5.91 Å². The van der Waals surface area contributed by atoms with Crippen molar-refractivity contribution < 1.29 is 9.18 Å². The highest BCUT2D eigenvalue weighted by Crippen LogP contribution is 2.13. The number of hydrogen-bond donors (Lipinski definition) is 2. The second-order valence-corrected chi connectivity index (χ2v) is 4.84. The van der Waals surface area contributed by atoms with Gasteiger partial charge in [-0.05, 0) is 37.6 Å². The molecule has 92 valence electrons. The van der Waals surface area contributed by atoms with E-state index in [9.17, 15) is 9.18 Å². The van der Waals surface area contributed by atoms with E-state index in [4.69, 9.17) is 0 Å². The van der Waals surface area contributed by atoms with E-state index in [1.54, 1.807) is 12.1 Å². The zero-order chi connectivity index (χ0) is 12.3. The number of nitrogens with one attached hydrogen (secondary N) is 2. The molecule has 1 aliphatic rings. The number of hydrogen-bond acceptors (Lipinski definition) is 2. The summed E-state index contributed by atoms with van der Waals surface area (Å²) in [6, 6.07) is 6.16. The van der Waals surface area contributed by atoms with Crippen molar-refractivity contribution in [3.8, 4) is 0 Å². The van der Waals surface area contributed by atoms with Gasteiger partial charge in [-0.25, -0.2) is 4.39 Å². The fourth-order valence-corrected chi connectivity index (χ4v) is 2.14. The Balaban J connectivity index is 1.93. The van der Waals surface area contributed by atoms with Crippen LogP contribution in [0.5, 0.6) is 0 Å². The van der Waals surface area contributed by atoms with Crippen LogP contribution in [0.2, 0.25) is 0 Å². The van der Waals surface area contributed by atoms with Crippen LogP contribution in [-0.4, -0.2) is 24.5 Å². The third kappa shape index (κ3) is 3.27. The molecule has 1 saturated heterocycles. The van der Waals surface area contributed by atoms with Crippen molar-refractivity contribution in [2.75, 3.05) is 13.1 Å². The Morgan fingerprint density at radius 1 is 1.59 bits per heavy atom. The van der Waals surface area contributed by atoms with Gasteiger partial charge < -0.3 is 10.6 Å². The fourth-order valence-electron chi connectivity index (χ4n) is 2.14. The molecule has 0 radical (unpaired) electrons. The van der Waals surface area contributed by atoms with Crippen molar-refractivity contribution in [1.29, 1.82) is 0 Å². The lowest BCUT2D eigenvalue weighted by molar-refractivity contribution is -0.122.